The average Bonchev–Trinajstić information content (AvgIpc) is 2.85. The molecule has 35 heavy (non-hydrogen) atoms. The normalized spacial score (nSPS) is 10.2. The molecule has 4 aromatic rings. The molecule has 4 aromatic carbocycles. The number of rotatable bonds is 7. The molecule has 0 atom stereocenters. The molecule has 0 amide bonds. The van der Waals surface area contributed by atoms with E-state index in [-0.39, 0.29) is 0 Å². The number of ether oxygens (including phenoxy) is 2. The zero-order valence-electron chi connectivity index (χ0n) is 20.7. The number of aryl methyl sites for hydroxylation is 4. The van der Waals surface area contributed by atoms with Crippen molar-refractivity contribution in [1.29, 1.82) is 0 Å². The van der Waals surface area contributed by atoms with E-state index in [9.17, 15) is 4.79 Å². The highest BCUT2D eigenvalue weighted by molar-refractivity contribution is 9.10. The van der Waals surface area contributed by atoms with E-state index in [0.717, 1.165) is 33.4 Å². The molecule has 0 fully saturated rings. The fourth-order valence-electron chi connectivity index (χ4n) is 3.54. The summed E-state index contributed by atoms with van der Waals surface area (Å²) in [7, 11) is 0. The second-order valence-corrected chi connectivity index (χ2v) is 9.40. The van der Waals surface area contributed by atoms with E-state index in [0.29, 0.717) is 18.8 Å². The largest absolute Gasteiger partial charge is 0.489 e. The summed E-state index contributed by atoms with van der Waals surface area (Å²) >= 11 is 3.45. The van der Waals surface area contributed by atoms with Gasteiger partial charge in [0.2, 0.25) is 0 Å². The maximum Gasteiger partial charge on any atom is 0.150 e. The van der Waals surface area contributed by atoms with Crippen LogP contribution < -0.4 is 9.47 Å². The number of hydrogen-bond donors (Lipinski definition) is 0. The Labute approximate surface area is 216 Å². The molecule has 4 rings (SSSR count). The van der Waals surface area contributed by atoms with Gasteiger partial charge >= 0.3 is 0 Å². The van der Waals surface area contributed by atoms with Gasteiger partial charge in [0.15, 0.2) is 0 Å². The van der Waals surface area contributed by atoms with Crippen molar-refractivity contribution < 1.29 is 14.3 Å². The summed E-state index contributed by atoms with van der Waals surface area (Å²) in [5.74, 6) is 1.76. The number of benzene rings is 4. The number of halogens is 1. The van der Waals surface area contributed by atoms with Crippen molar-refractivity contribution in [3.05, 3.63) is 128 Å². The predicted molar refractivity (Wildman–Crippen MR) is 146 cm³/mol. The minimum absolute atomic E-state index is 0.550. The highest BCUT2D eigenvalue weighted by Crippen LogP contribution is 2.23. The molecule has 0 radical (unpaired) electrons. The van der Waals surface area contributed by atoms with Gasteiger partial charge in [0.25, 0.3) is 0 Å². The molecule has 0 saturated carbocycles. The summed E-state index contributed by atoms with van der Waals surface area (Å²) in [6, 6.07) is 28.0. The molecular weight excluding hydrogens is 500 g/mol. The topological polar surface area (TPSA) is 35.5 Å². The Kier molecular flexibility index (Phi) is 9.68. The average molecular weight is 531 g/mol. The molecular formula is C31H31BrO3. The third kappa shape index (κ3) is 7.83. The van der Waals surface area contributed by atoms with Crippen molar-refractivity contribution in [3.63, 3.8) is 0 Å². The van der Waals surface area contributed by atoms with Crippen molar-refractivity contribution >= 4 is 22.2 Å². The van der Waals surface area contributed by atoms with Crippen LogP contribution in [0.2, 0.25) is 0 Å². The number of carbonyl (C=O) groups is 1. The summed E-state index contributed by atoms with van der Waals surface area (Å²) in [6.45, 7) is 9.34. The zero-order valence-corrected chi connectivity index (χ0v) is 22.3. The first-order valence-electron chi connectivity index (χ1n) is 11.5. The van der Waals surface area contributed by atoms with Crippen LogP contribution >= 0.6 is 15.9 Å². The smallest absolute Gasteiger partial charge is 0.150 e. The van der Waals surface area contributed by atoms with Gasteiger partial charge in [-0.25, -0.2) is 0 Å². The Balaban J connectivity index is 0.000000196. The van der Waals surface area contributed by atoms with E-state index in [1.54, 1.807) is 6.07 Å². The van der Waals surface area contributed by atoms with Crippen molar-refractivity contribution in [2.75, 3.05) is 0 Å². The maximum absolute atomic E-state index is 10.7. The number of aldehydes is 1. The summed E-state index contributed by atoms with van der Waals surface area (Å²) < 4.78 is 12.7. The SMILES string of the molecule is Cc1ccccc1COc1ccc(Br)cc1C.Cc1ccccc1COc1ccc(C=O)cc1C. The van der Waals surface area contributed by atoms with Crippen LogP contribution in [0.5, 0.6) is 11.5 Å². The Morgan fingerprint density at radius 3 is 1.57 bits per heavy atom. The van der Waals surface area contributed by atoms with E-state index in [1.165, 1.54) is 22.3 Å². The molecule has 0 aromatic heterocycles. The highest BCUT2D eigenvalue weighted by Gasteiger charge is 2.04. The lowest BCUT2D eigenvalue weighted by atomic mass is 10.1. The molecule has 3 nitrogen and oxygen atoms in total. The monoisotopic (exact) mass is 530 g/mol. The Bertz CT molecular complexity index is 1280. The van der Waals surface area contributed by atoms with Gasteiger partial charge in [0.05, 0.1) is 0 Å². The minimum Gasteiger partial charge on any atom is -0.489 e. The first-order valence-corrected chi connectivity index (χ1v) is 12.3. The molecule has 0 saturated heterocycles. The first kappa shape index (κ1) is 26.2. The minimum atomic E-state index is 0.550. The Morgan fingerprint density at radius 2 is 1.11 bits per heavy atom. The van der Waals surface area contributed by atoms with Crippen molar-refractivity contribution in [2.45, 2.75) is 40.9 Å². The van der Waals surface area contributed by atoms with Gasteiger partial charge in [-0.05, 0) is 97.5 Å². The van der Waals surface area contributed by atoms with Crippen molar-refractivity contribution in [1.82, 2.24) is 0 Å². The predicted octanol–water partition coefficient (Wildman–Crippen LogP) is 8.34. The van der Waals surface area contributed by atoms with Crippen molar-refractivity contribution in [2.24, 2.45) is 0 Å². The second-order valence-electron chi connectivity index (χ2n) is 8.48. The van der Waals surface area contributed by atoms with Gasteiger partial charge in [-0.15, -0.1) is 0 Å². The molecule has 0 N–H and O–H groups in total. The summed E-state index contributed by atoms with van der Waals surface area (Å²) in [5.41, 5.74) is 7.70. The summed E-state index contributed by atoms with van der Waals surface area (Å²) in [4.78, 5) is 10.7. The molecule has 0 bridgehead atoms. The molecule has 0 aliphatic heterocycles. The highest BCUT2D eigenvalue weighted by atomic mass is 79.9. The molecule has 0 aliphatic carbocycles. The van der Waals surface area contributed by atoms with Gasteiger partial charge in [-0.1, -0.05) is 64.5 Å². The van der Waals surface area contributed by atoms with Crippen LogP contribution in [0.4, 0.5) is 0 Å². The molecule has 180 valence electrons. The number of carbonyl (C=O) groups excluding carboxylic acids is 1. The Morgan fingerprint density at radius 1 is 0.629 bits per heavy atom. The van der Waals surface area contributed by atoms with Crippen LogP contribution in [-0.4, -0.2) is 6.29 Å². The third-order valence-corrected chi connectivity index (χ3v) is 6.25. The number of hydrogen-bond acceptors (Lipinski definition) is 3. The Hall–Kier alpha value is -3.37. The summed E-state index contributed by atoms with van der Waals surface area (Å²) in [6.07, 6.45) is 0.845. The third-order valence-electron chi connectivity index (χ3n) is 5.76. The van der Waals surface area contributed by atoms with Gasteiger partial charge in [0, 0.05) is 10.0 Å². The lowest BCUT2D eigenvalue weighted by Crippen LogP contribution is -1.99. The van der Waals surface area contributed by atoms with E-state index in [2.05, 4.69) is 67.0 Å². The van der Waals surface area contributed by atoms with E-state index in [1.807, 2.05) is 55.5 Å². The maximum atomic E-state index is 10.7. The fraction of sp³-hybridized carbons (Fsp3) is 0.194. The van der Waals surface area contributed by atoms with Crippen LogP contribution in [0.3, 0.4) is 0 Å². The first-order chi connectivity index (χ1) is 16.9. The van der Waals surface area contributed by atoms with E-state index in [4.69, 9.17) is 9.47 Å². The molecule has 0 heterocycles. The lowest BCUT2D eigenvalue weighted by Gasteiger charge is -2.11. The van der Waals surface area contributed by atoms with Crippen LogP contribution in [0.25, 0.3) is 0 Å². The molecule has 0 aliphatic rings. The molecule has 0 unspecified atom stereocenters. The standard InChI is InChI=1S/C16H16O2.C15H15BrO/c1-12-5-3-4-6-15(12)11-18-16-8-7-14(10-17)9-13(16)2;1-11-5-3-4-6-13(11)10-17-15-8-7-14(16)9-12(15)2/h3-10H,11H2,1-2H3;3-9H,10H2,1-2H3. The van der Waals surface area contributed by atoms with Crippen LogP contribution in [0.1, 0.15) is 43.7 Å². The molecule has 4 heteroatoms. The van der Waals surface area contributed by atoms with Gasteiger partial charge in [-0.3, -0.25) is 4.79 Å². The van der Waals surface area contributed by atoms with Crippen LogP contribution in [-0.2, 0) is 13.2 Å². The van der Waals surface area contributed by atoms with Crippen LogP contribution in [0, 0.1) is 27.7 Å². The van der Waals surface area contributed by atoms with Gasteiger partial charge in [-0.2, -0.15) is 0 Å². The van der Waals surface area contributed by atoms with E-state index < -0.39 is 0 Å². The lowest BCUT2D eigenvalue weighted by molar-refractivity contribution is 0.112. The zero-order chi connectivity index (χ0) is 25.2. The van der Waals surface area contributed by atoms with Crippen molar-refractivity contribution in [3.8, 4) is 11.5 Å². The quantitative estimate of drug-likeness (QED) is 0.225. The molecule has 0 spiro atoms. The van der Waals surface area contributed by atoms with E-state index >= 15 is 0 Å². The fourth-order valence-corrected chi connectivity index (χ4v) is 4.01. The van der Waals surface area contributed by atoms with Gasteiger partial charge in [0.1, 0.15) is 31.0 Å². The van der Waals surface area contributed by atoms with Crippen LogP contribution in [0.15, 0.2) is 89.4 Å². The second kappa shape index (κ2) is 12.9. The summed E-state index contributed by atoms with van der Waals surface area (Å²) in [5, 5.41) is 0. The van der Waals surface area contributed by atoms with Gasteiger partial charge < -0.3 is 9.47 Å².